The lowest BCUT2D eigenvalue weighted by Crippen LogP contribution is -2.80. The summed E-state index contributed by atoms with van der Waals surface area (Å²) in [7, 11) is 4.89. The Morgan fingerprint density at radius 2 is 1.32 bits per heavy atom. The van der Waals surface area contributed by atoms with Gasteiger partial charge in [0.05, 0.1) is 21.3 Å². The summed E-state index contributed by atoms with van der Waals surface area (Å²) in [6.07, 6.45) is 0. The van der Waals surface area contributed by atoms with Gasteiger partial charge in [0.15, 0.2) is 11.5 Å². The molecule has 0 bridgehead atoms. The number of methoxy groups -OCH3 is 3. The zero-order valence-electron chi connectivity index (χ0n) is 13.7. The van der Waals surface area contributed by atoms with Crippen LogP contribution >= 0.6 is 0 Å². The van der Waals surface area contributed by atoms with Crippen LogP contribution in [0.4, 0.5) is 0 Å². The highest BCUT2D eigenvalue weighted by Gasteiger charge is 2.13. The third-order valence-corrected chi connectivity index (χ3v) is 3.61. The van der Waals surface area contributed by atoms with Crippen molar-refractivity contribution in [3.8, 4) is 17.2 Å². The molecule has 0 amide bonds. The normalized spacial score (nSPS) is 10.4. The van der Waals surface area contributed by atoms with Crippen LogP contribution in [0.2, 0.25) is 0 Å². The topological polar surface area (TPSA) is 44.3 Å². The fourth-order valence-electron chi connectivity index (χ4n) is 2.38. The van der Waals surface area contributed by atoms with Gasteiger partial charge in [-0.25, -0.2) is 0 Å². The summed E-state index contributed by atoms with van der Waals surface area (Å²) in [5.74, 6) is 2.02. The number of quaternary nitrogens is 1. The van der Waals surface area contributed by atoms with E-state index in [0.717, 1.165) is 18.7 Å². The summed E-state index contributed by atoms with van der Waals surface area (Å²) in [5, 5.41) is 2.26. The van der Waals surface area contributed by atoms with Gasteiger partial charge in [-0.15, -0.1) is 0 Å². The molecule has 0 heterocycles. The number of hydrogen-bond acceptors (Lipinski definition) is 3. The van der Waals surface area contributed by atoms with Crippen LogP contribution in [0.3, 0.4) is 0 Å². The number of rotatable bonds is 7. The van der Waals surface area contributed by atoms with Gasteiger partial charge in [-0.3, -0.25) is 0 Å². The van der Waals surface area contributed by atoms with E-state index in [9.17, 15) is 0 Å². The molecule has 0 aliphatic heterocycles. The number of aryl methyl sites for hydroxylation is 1. The van der Waals surface area contributed by atoms with E-state index in [1.807, 2.05) is 12.1 Å². The molecule has 4 heteroatoms. The van der Waals surface area contributed by atoms with Gasteiger partial charge in [-0.1, -0.05) is 29.8 Å². The van der Waals surface area contributed by atoms with Gasteiger partial charge in [0.1, 0.15) is 13.1 Å². The van der Waals surface area contributed by atoms with Crippen molar-refractivity contribution in [1.29, 1.82) is 0 Å². The monoisotopic (exact) mass is 302 g/mol. The van der Waals surface area contributed by atoms with E-state index in [0.29, 0.717) is 17.2 Å². The van der Waals surface area contributed by atoms with Crippen LogP contribution < -0.4 is 19.5 Å². The van der Waals surface area contributed by atoms with Crippen LogP contribution in [0, 0.1) is 6.92 Å². The lowest BCUT2D eigenvalue weighted by molar-refractivity contribution is -0.686. The van der Waals surface area contributed by atoms with E-state index in [-0.39, 0.29) is 0 Å². The number of nitrogens with two attached hydrogens (primary N) is 1. The van der Waals surface area contributed by atoms with Crippen LogP contribution in [-0.4, -0.2) is 21.3 Å². The van der Waals surface area contributed by atoms with E-state index in [4.69, 9.17) is 14.2 Å². The highest BCUT2D eigenvalue weighted by atomic mass is 16.5. The minimum atomic E-state index is 0.632. The van der Waals surface area contributed by atoms with Crippen molar-refractivity contribution >= 4 is 0 Å². The quantitative estimate of drug-likeness (QED) is 0.853. The molecular formula is C18H24NO3+. The molecule has 0 atom stereocenters. The fraction of sp³-hybridized carbons (Fsp3) is 0.333. The Morgan fingerprint density at radius 1 is 0.773 bits per heavy atom. The molecule has 4 nitrogen and oxygen atoms in total. The molecule has 0 saturated heterocycles. The molecule has 0 saturated carbocycles. The first-order valence-electron chi connectivity index (χ1n) is 7.34. The average molecular weight is 302 g/mol. The van der Waals surface area contributed by atoms with Gasteiger partial charge in [-0.2, -0.15) is 0 Å². The standard InChI is InChI=1S/C18H23NO3/c1-13-5-7-14(8-6-13)11-19-12-15-9-16(20-2)18(22-4)17(10-15)21-3/h5-10,19H,11-12H2,1-4H3/p+1. The molecule has 0 unspecified atom stereocenters. The van der Waals surface area contributed by atoms with Crippen LogP contribution in [0.15, 0.2) is 36.4 Å². The molecule has 0 spiro atoms. The van der Waals surface area contributed by atoms with Gasteiger partial charge in [0, 0.05) is 11.1 Å². The second-order valence-corrected chi connectivity index (χ2v) is 5.22. The molecule has 2 aromatic rings. The van der Waals surface area contributed by atoms with Gasteiger partial charge in [-0.05, 0) is 19.1 Å². The maximum Gasteiger partial charge on any atom is 0.203 e. The predicted molar refractivity (Wildman–Crippen MR) is 86.6 cm³/mol. The second-order valence-electron chi connectivity index (χ2n) is 5.22. The van der Waals surface area contributed by atoms with Gasteiger partial charge >= 0.3 is 0 Å². The van der Waals surface area contributed by atoms with E-state index in [1.165, 1.54) is 11.1 Å². The Balaban J connectivity index is 2.04. The van der Waals surface area contributed by atoms with E-state index in [2.05, 4.69) is 36.5 Å². The molecule has 0 aromatic heterocycles. The maximum atomic E-state index is 5.38. The van der Waals surface area contributed by atoms with Crippen molar-refractivity contribution in [2.75, 3.05) is 21.3 Å². The van der Waals surface area contributed by atoms with Crippen LogP contribution in [0.25, 0.3) is 0 Å². The Morgan fingerprint density at radius 3 is 1.82 bits per heavy atom. The van der Waals surface area contributed by atoms with Crippen LogP contribution in [0.5, 0.6) is 17.2 Å². The molecule has 22 heavy (non-hydrogen) atoms. The largest absolute Gasteiger partial charge is 0.493 e. The number of ether oxygens (including phenoxy) is 3. The molecule has 2 N–H and O–H groups in total. The molecule has 2 rings (SSSR count). The molecule has 2 aromatic carbocycles. The summed E-state index contributed by atoms with van der Waals surface area (Å²) in [6.45, 7) is 3.89. The maximum absolute atomic E-state index is 5.38. The molecule has 0 radical (unpaired) electrons. The van der Waals surface area contributed by atoms with Crippen molar-refractivity contribution < 1.29 is 19.5 Å². The van der Waals surface area contributed by atoms with Crippen LogP contribution in [0.1, 0.15) is 16.7 Å². The summed E-state index contributed by atoms with van der Waals surface area (Å²) in [4.78, 5) is 0. The first kappa shape index (κ1) is 16.2. The van der Waals surface area contributed by atoms with Crippen molar-refractivity contribution in [3.63, 3.8) is 0 Å². The highest BCUT2D eigenvalue weighted by molar-refractivity contribution is 5.53. The third kappa shape index (κ3) is 3.92. The van der Waals surface area contributed by atoms with Gasteiger partial charge in [0.25, 0.3) is 0 Å². The van der Waals surface area contributed by atoms with Gasteiger partial charge < -0.3 is 19.5 Å². The SMILES string of the molecule is COc1cc(C[NH2+]Cc2ccc(C)cc2)cc(OC)c1OC. The first-order chi connectivity index (χ1) is 10.7. The van der Waals surface area contributed by atoms with E-state index in [1.54, 1.807) is 21.3 Å². The molecule has 0 aliphatic rings. The molecular weight excluding hydrogens is 278 g/mol. The Bertz CT molecular complexity index is 583. The number of hydrogen-bond donors (Lipinski definition) is 1. The molecule has 0 fully saturated rings. The zero-order chi connectivity index (χ0) is 15.9. The first-order valence-corrected chi connectivity index (χ1v) is 7.34. The summed E-state index contributed by atoms with van der Waals surface area (Å²) in [6, 6.07) is 12.6. The predicted octanol–water partition coefficient (Wildman–Crippen LogP) is 2.28. The summed E-state index contributed by atoms with van der Waals surface area (Å²) in [5.41, 5.74) is 3.74. The van der Waals surface area contributed by atoms with E-state index >= 15 is 0 Å². The Hall–Kier alpha value is -2.20. The van der Waals surface area contributed by atoms with Crippen LogP contribution in [-0.2, 0) is 13.1 Å². The van der Waals surface area contributed by atoms with Crippen molar-refractivity contribution in [1.82, 2.24) is 0 Å². The lowest BCUT2D eigenvalue weighted by atomic mass is 10.1. The van der Waals surface area contributed by atoms with Gasteiger partial charge in [0.2, 0.25) is 5.75 Å². The highest BCUT2D eigenvalue weighted by Crippen LogP contribution is 2.37. The zero-order valence-corrected chi connectivity index (χ0v) is 13.7. The second kappa shape index (κ2) is 7.71. The van der Waals surface area contributed by atoms with Crippen molar-refractivity contribution in [2.45, 2.75) is 20.0 Å². The molecule has 118 valence electrons. The number of benzene rings is 2. The van der Waals surface area contributed by atoms with E-state index < -0.39 is 0 Å². The smallest absolute Gasteiger partial charge is 0.203 e. The summed E-state index contributed by atoms with van der Waals surface area (Å²) >= 11 is 0. The Labute approximate surface area is 132 Å². The minimum absolute atomic E-state index is 0.632. The van der Waals surface area contributed by atoms with Crippen molar-refractivity contribution in [3.05, 3.63) is 53.1 Å². The van der Waals surface area contributed by atoms with Crippen molar-refractivity contribution in [2.24, 2.45) is 0 Å². The molecule has 0 aliphatic carbocycles. The lowest BCUT2D eigenvalue weighted by Gasteiger charge is -2.13. The minimum Gasteiger partial charge on any atom is -0.493 e. The summed E-state index contributed by atoms with van der Waals surface area (Å²) < 4.78 is 16.1. The third-order valence-electron chi connectivity index (χ3n) is 3.61. The fourth-order valence-corrected chi connectivity index (χ4v) is 2.38. The Kier molecular flexibility index (Phi) is 5.67. The average Bonchev–Trinajstić information content (AvgIpc) is 2.55.